The van der Waals surface area contributed by atoms with Crippen LogP contribution in [0.25, 0.3) is 10.6 Å². The molecule has 0 amide bonds. The Morgan fingerprint density at radius 3 is 2.75 bits per heavy atom. The SMILES string of the molecule is Cc1csc(-c2ccc(OCCC(=O)ONN)cc2)n1. The number of hydrazine groups is 1. The van der Waals surface area contributed by atoms with Gasteiger partial charge in [-0.1, -0.05) is 5.59 Å². The predicted octanol–water partition coefficient (Wildman–Crippen LogP) is 1.81. The van der Waals surface area contributed by atoms with E-state index >= 15 is 0 Å². The molecule has 106 valence electrons. The Bertz CT molecular complexity index is 568. The number of ether oxygens (including phenoxy) is 1. The lowest BCUT2D eigenvalue weighted by molar-refractivity contribution is -0.151. The van der Waals surface area contributed by atoms with Gasteiger partial charge < -0.3 is 9.57 Å². The highest BCUT2D eigenvalue weighted by atomic mass is 32.1. The Hall–Kier alpha value is -1.96. The lowest BCUT2D eigenvalue weighted by Crippen LogP contribution is -2.26. The summed E-state index contributed by atoms with van der Waals surface area (Å²) in [6.45, 7) is 2.20. The number of rotatable bonds is 6. The van der Waals surface area contributed by atoms with Gasteiger partial charge in [0, 0.05) is 16.6 Å². The van der Waals surface area contributed by atoms with Crippen molar-refractivity contribution in [2.24, 2.45) is 5.84 Å². The van der Waals surface area contributed by atoms with E-state index in [1.807, 2.05) is 42.2 Å². The van der Waals surface area contributed by atoms with Crippen molar-refractivity contribution in [1.82, 2.24) is 10.6 Å². The van der Waals surface area contributed by atoms with E-state index in [4.69, 9.17) is 10.6 Å². The van der Waals surface area contributed by atoms with Crippen LogP contribution in [0.3, 0.4) is 0 Å². The molecule has 0 bridgehead atoms. The molecule has 0 atom stereocenters. The Morgan fingerprint density at radius 2 is 2.15 bits per heavy atom. The first-order valence-corrected chi connectivity index (χ1v) is 6.87. The molecule has 1 aromatic carbocycles. The average molecular weight is 293 g/mol. The third kappa shape index (κ3) is 4.02. The standard InChI is InChI=1S/C13H15N3O3S/c1-9-8-20-13(15-9)10-2-4-11(5-3-10)18-7-6-12(17)19-16-14/h2-5,8,16H,6-7,14H2,1H3. The van der Waals surface area contributed by atoms with Crippen molar-refractivity contribution in [3.8, 4) is 16.3 Å². The van der Waals surface area contributed by atoms with Crippen molar-refractivity contribution in [1.29, 1.82) is 0 Å². The van der Waals surface area contributed by atoms with Crippen molar-refractivity contribution in [2.75, 3.05) is 6.61 Å². The smallest absolute Gasteiger partial charge is 0.329 e. The lowest BCUT2D eigenvalue weighted by Gasteiger charge is -2.06. The molecule has 0 fully saturated rings. The van der Waals surface area contributed by atoms with Gasteiger partial charge in [0.05, 0.1) is 13.0 Å². The molecular formula is C13H15N3O3S. The third-order valence-corrected chi connectivity index (χ3v) is 3.48. The number of thiazole rings is 1. The van der Waals surface area contributed by atoms with Crippen LogP contribution in [0.15, 0.2) is 29.6 Å². The van der Waals surface area contributed by atoms with Crippen LogP contribution in [0.2, 0.25) is 0 Å². The number of aryl methyl sites for hydroxylation is 1. The second kappa shape index (κ2) is 6.99. The maximum atomic E-state index is 11.0. The van der Waals surface area contributed by atoms with Crippen LogP contribution in [0.4, 0.5) is 0 Å². The highest BCUT2D eigenvalue weighted by Gasteiger charge is 2.05. The van der Waals surface area contributed by atoms with Gasteiger partial charge in [0.1, 0.15) is 10.8 Å². The summed E-state index contributed by atoms with van der Waals surface area (Å²) in [5.74, 6) is 5.07. The molecule has 6 nitrogen and oxygen atoms in total. The molecule has 0 saturated heterocycles. The fraction of sp³-hybridized carbons (Fsp3) is 0.231. The Kier molecular flexibility index (Phi) is 5.05. The van der Waals surface area contributed by atoms with Crippen LogP contribution in [0.5, 0.6) is 5.75 Å². The topological polar surface area (TPSA) is 86.5 Å². The number of hydrogen-bond donors (Lipinski definition) is 2. The van der Waals surface area contributed by atoms with Crippen LogP contribution in [0, 0.1) is 6.92 Å². The summed E-state index contributed by atoms with van der Waals surface area (Å²) >= 11 is 1.60. The summed E-state index contributed by atoms with van der Waals surface area (Å²) in [5.41, 5.74) is 3.89. The summed E-state index contributed by atoms with van der Waals surface area (Å²) in [6, 6.07) is 7.57. The molecule has 3 N–H and O–H groups in total. The predicted molar refractivity (Wildman–Crippen MR) is 75.8 cm³/mol. The number of benzene rings is 1. The van der Waals surface area contributed by atoms with Crippen molar-refractivity contribution >= 4 is 17.3 Å². The normalized spacial score (nSPS) is 10.3. The molecule has 1 heterocycles. The van der Waals surface area contributed by atoms with E-state index in [2.05, 4.69) is 9.82 Å². The molecular weight excluding hydrogens is 278 g/mol. The Balaban J connectivity index is 1.87. The van der Waals surface area contributed by atoms with E-state index in [9.17, 15) is 4.79 Å². The van der Waals surface area contributed by atoms with Crippen LogP contribution in [0.1, 0.15) is 12.1 Å². The molecule has 0 unspecified atom stereocenters. The van der Waals surface area contributed by atoms with Crippen molar-refractivity contribution in [2.45, 2.75) is 13.3 Å². The van der Waals surface area contributed by atoms with E-state index in [0.717, 1.165) is 16.3 Å². The fourth-order valence-electron chi connectivity index (χ4n) is 1.55. The molecule has 0 saturated carbocycles. The largest absolute Gasteiger partial charge is 0.493 e. The second-order valence-electron chi connectivity index (χ2n) is 4.01. The van der Waals surface area contributed by atoms with Gasteiger partial charge in [-0.15, -0.1) is 11.3 Å². The summed E-state index contributed by atoms with van der Waals surface area (Å²) in [5, 5.41) is 2.99. The minimum Gasteiger partial charge on any atom is -0.493 e. The second-order valence-corrected chi connectivity index (χ2v) is 4.87. The zero-order valence-electron chi connectivity index (χ0n) is 11.0. The monoisotopic (exact) mass is 293 g/mol. The summed E-state index contributed by atoms with van der Waals surface area (Å²) in [4.78, 5) is 19.8. The van der Waals surface area contributed by atoms with Gasteiger partial charge in [0.2, 0.25) is 0 Å². The first kappa shape index (κ1) is 14.4. The fourth-order valence-corrected chi connectivity index (χ4v) is 2.35. The minimum atomic E-state index is -0.470. The van der Waals surface area contributed by atoms with Gasteiger partial charge in [-0.25, -0.2) is 10.8 Å². The summed E-state index contributed by atoms with van der Waals surface area (Å²) < 4.78 is 5.43. The van der Waals surface area contributed by atoms with Crippen LogP contribution >= 0.6 is 11.3 Å². The van der Waals surface area contributed by atoms with E-state index in [-0.39, 0.29) is 13.0 Å². The first-order valence-electron chi connectivity index (χ1n) is 5.99. The molecule has 7 heteroatoms. The van der Waals surface area contributed by atoms with Gasteiger partial charge >= 0.3 is 5.97 Å². The Labute approximate surface area is 120 Å². The van der Waals surface area contributed by atoms with Crippen LogP contribution in [-0.4, -0.2) is 17.6 Å². The van der Waals surface area contributed by atoms with Crippen molar-refractivity contribution in [3.05, 3.63) is 35.3 Å². The number of nitrogens with one attached hydrogen (secondary N) is 1. The molecule has 0 aliphatic heterocycles. The van der Waals surface area contributed by atoms with E-state index in [0.29, 0.717) is 5.75 Å². The number of nitrogens with two attached hydrogens (primary N) is 1. The average Bonchev–Trinajstić information content (AvgIpc) is 2.86. The molecule has 0 aliphatic rings. The quantitative estimate of drug-likeness (QED) is 0.624. The number of hydrogen-bond acceptors (Lipinski definition) is 7. The maximum absolute atomic E-state index is 11.0. The molecule has 0 radical (unpaired) electrons. The molecule has 1 aromatic heterocycles. The zero-order valence-corrected chi connectivity index (χ0v) is 11.8. The van der Waals surface area contributed by atoms with Gasteiger partial charge in [-0.2, -0.15) is 0 Å². The van der Waals surface area contributed by atoms with Gasteiger partial charge in [-0.05, 0) is 31.2 Å². The summed E-state index contributed by atoms with van der Waals surface area (Å²) in [7, 11) is 0. The highest BCUT2D eigenvalue weighted by molar-refractivity contribution is 7.13. The van der Waals surface area contributed by atoms with Crippen molar-refractivity contribution < 1.29 is 14.4 Å². The first-order chi connectivity index (χ1) is 9.69. The van der Waals surface area contributed by atoms with Gasteiger partial charge in [0.25, 0.3) is 0 Å². The van der Waals surface area contributed by atoms with Crippen LogP contribution in [-0.2, 0) is 9.63 Å². The van der Waals surface area contributed by atoms with E-state index in [1.54, 1.807) is 11.3 Å². The number of carbonyl (C=O) groups is 1. The van der Waals surface area contributed by atoms with Gasteiger partial charge in [-0.3, -0.25) is 4.79 Å². The maximum Gasteiger partial charge on any atom is 0.329 e. The third-order valence-electron chi connectivity index (χ3n) is 2.47. The molecule has 2 aromatic rings. The Morgan fingerprint density at radius 1 is 1.40 bits per heavy atom. The molecule has 20 heavy (non-hydrogen) atoms. The number of nitrogens with zero attached hydrogens (tertiary/aromatic N) is 1. The van der Waals surface area contributed by atoms with Crippen molar-refractivity contribution in [3.63, 3.8) is 0 Å². The lowest BCUT2D eigenvalue weighted by atomic mass is 10.2. The van der Waals surface area contributed by atoms with E-state index < -0.39 is 5.97 Å². The minimum absolute atomic E-state index is 0.123. The summed E-state index contributed by atoms with van der Waals surface area (Å²) in [6.07, 6.45) is 0.123. The molecule has 0 aliphatic carbocycles. The van der Waals surface area contributed by atoms with Crippen LogP contribution < -0.4 is 16.2 Å². The zero-order chi connectivity index (χ0) is 14.4. The molecule has 2 rings (SSSR count). The molecule has 0 spiro atoms. The highest BCUT2D eigenvalue weighted by Crippen LogP contribution is 2.25. The van der Waals surface area contributed by atoms with E-state index in [1.165, 1.54) is 0 Å². The van der Waals surface area contributed by atoms with Gasteiger partial charge in [0.15, 0.2) is 0 Å². The number of carbonyl (C=O) groups excluding carboxylic acids is 1. The number of aromatic nitrogens is 1.